The molecule has 2 aromatic carbocycles. The summed E-state index contributed by atoms with van der Waals surface area (Å²) in [6.07, 6.45) is -5.26. The van der Waals surface area contributed by atoms with Gasteiger partial charge in [-0.15, -0.1) is 0 Å². The number of anilines is 2. The molecule has 0 heterocycles. The van der Waals surface area contributed by atoms with Crippen molar-refractivity contribution in [3.8, 4) is 0 Å². The largest absolute Gasteiger partial charge is 0.418 e. The lowest BCUT2D eigenvalue weighted by Crippen LogP contribution is -2.12. The van der Waals surface area contributed by atoms with Crippen molar-refractivity contribution in [3.63, 3.8) is 0 Å². The average molecular weight is 463 g/mol. The molecule has 0 aliphatic heterocycles. The molecule has 0 radical (unpaired) electrons. The molecular weight excluding hydrogens is 457 g/mol. The normalized spacial score (nSPS) is 11.4. The van der Waals surface area contributed by atoms with Crippen molar-refractivity contribution in [2.75, 3.05) is 5.32 Å². The van der Waals surface area contributed by atoms with E-state index < -0.39 is 60.2 Å². The minimum Gasteiger partial charge on any atom is -0.346 e. The van der Waals surface area contributed by atoms with Gasteiger partial charge in [0.2, 0.25) is 0 Å². The lowest BCUT2D eigenvalue weighted by molar-refractivity contribution is -0.394. The molecule has 2 aromatic rings. The molecule has 0 amide bonds. The average Bonchev–Trinajstić information content (AvgIpc) is 2.60. The first kappa shape index (κ1) is 21.9. The van der Waals surface area contributed by atoms with Crippen LogP contribution in [0.1, 0.15) is 11.1 Å². The molecule has 0 aliphatic rings. The lowest BCUT2D eigenvalue weighted by atomic mass is 10.1. The van der Waals surface area contributed by atoms with E-state index in [0.717, 1.165) is 6.92 Å². The van der Waals surface area contributed by atoms with Gasteiger partial charge < -0.3 is 5.32 Å². The van der Waals surface area contributed by atoms with Gasteiger partial charge in [0, 0.05) is 11.6 Å². The second kappa shape index (κ2) is 7.57. The minimum absolute atomic E-state index is 0.0749. The van der Waals surface area contributed by atoms with Crippen LogP contribution in [-0.2, 0) is 6.18 Å². The van der Waals surface area contributed by atoms with Crippen LogP contribution in [0.25, 0.3) is 0 Å². The highest BCUT2D eigenvalue weighted by Crippen LogP contribution is 2.47. The van der Waals surface area contributed by atoms with Gasteiger partial charge in [-0.3, -0.25) is 20.2 Å². The van der Waals surface area contributed by atoms with Gasteiger partial charge in [-0.05, 0) is 6.92 Å². The van der Waals surface area contributed by atoms with E-state index in [-0.39, 0.29) is 16.7 Å². The summed E-state index contributed by atoms with van der Waals surface area (Å²) in [7, 11) is 0. The summed E-state index contributed by atoms with van der Waals surface area (Å²) in [6, 6.07) is 0.374. The molecule has 0 aliphatic carbocycles. The van der Waals surface area contributed by atoms with Crippen LogP contribution in [0.4, 0.5) is 40.3 Å². The summed E-state index contributed by atoms with van der Waals surface area (Å²) in [5.74, 6) is -1.21. The molecule has 28 heavy (non-hydrogen) atoms. The second-order valence-electron chi connectivity index (χ2n) is 5.28. The number of alkyl halides is 3. The molecule has 150 valence electrons. The molecule has 0 saturated heterocycles. The third-order valence-electron chi connectivity index (χ3n) is 3.55. The number of halogens is 7. The molecule has 0 atom stereocenters. The first-order valence-electron chi connectivity index (χ1n) is 6.91. The topological polar surface area (TPSA) is 98.3 Å². The SMILES string of the molecule is Cc1c(F)c(Nc2c([N+](=O)[O-])cc([N+](=O)[O-])cc2C(F)(F)F)c(Cl)c(Cl)c1Cl. The van der Waals surface area contributed by atoms with Crippen molar-refractivity contribution in [2.24, 2.45) is 0 Å². The van der Waals surface area contributed by atoms with Gasteiger partial charge in [-0.2, -0.15) is 13.2 Å². The van der Waals surface area contributed by atoms with Gasteiger partial charge >= 0.3 is 6.18 Å². The number of benzene rings is 2. The van der Waals surface area contributed by atoms with Crippen molar-refractivity contribution >= 4 is 57.6 Å². The smallest absolute Gasteiger partial charge is 0.346 e. The number of nitro groups is 2. The molecule has 0 unspecified atom stereocenters. The van der Waals surface area contributed by atoms with Crippen molar-refractivity contribution < 1.29 is 27.4 Å². The Morgan fingerprint density at radius 3 is 2.00 bits per heavy atom. The van der Waals surface area contributed by atoms with Crippen LogP contribution < -0.4 is 5.32 Å². The predicted octanol–water partition coefficient (Wildman–Crippen LogP) is 6.67. The summed E-state index contributed by atoms with van der Waals surface area (Å²) < 4.78 is 54.7. The van der Waals surface area contributed by atoms with Crippen LogP contribution in [0, 0.1) is 33.0 Å². The summed E-state index contributed by atoms with van der Waals surface area (Å²) in [4.78, 5) is 19.5. The standard InChI is InChI=1S/C14H6Cl3F4N3O4/c1-4-8(15)9(16)10(17)13(11(4)18)22-12-6(14(19,20)21)2-5(23(25)26)3-7(12)24(27)28/h2-3,22H,1H3. The number of rotatable bonds is 4. The fraction of sp³-hybridized carbons (Fsp3) is 0.143. The summed E-state index contributed by atoms with van der Waals surface area (Å²) in [5.41, 5.74) is -6.61. The van der Waals surface area contributed by atoms with E-state index in [4.69, 9.17) is 34.8 Å². The monoisotopic (exact) mass is 461 g/mol. The highest BCUT2D eigenvalue weighted by Gasteiger charge is 2.40. The zero-order chi connectivity index (χ0) is 21.5. The van der Waals surface area contributed by atoms with Gasteiger partial charge in [0.15, 0.2) is 5.82 Å². The third kappa shape index (κ3) is 3.91. The molecule has 0 aromatic heterocycles. The number of non-ortho nitro benzene ring substituents is 1. The number of hydrogen-bond donors (Lipinski definition) is 1. The van der Waals surface area contributed by atoms with Gasteiger partial charge in [-0.25, -0.2) is 4.39 Å². The zero-order valence-corrected chi connectivity index (χ0v) is 15.6. The van der Waals surface area contributed by atoms with E-state index in [0.29, 0.717) is 6.07 Å². The Balaban J connectivity index is 2.87. The number of hydrogen-bond acceptors (Lipinski definition) is 5. The third-order valence-corrected chi connectivity index (χ3v) is 4.97. The van der Waals surface area contributed by atoms with E-state index in [9.17, 15) is 37.8 Å². The maximum atomic E-state index is 14.5. The van der Waals surface area contributed by atoms with E-state index >= 15 is 0 Å². The molecular formula is C14H6Cl3F4N3O4. The first-order valence-corrected chi connectivity index (χ1v) is 8.04. The molecule has 0 saturated carbocycles. The Morgan fingerprint density at radius 2 is 1.54 bits per heavy atom. The summed E-state index contributed by atoms with van der Waals surface area (Å²) in [6.45, 7) is 1.15. The predicted molar refractivity (Wildman–Crippen MR) is 94.2 cm³/mol. The van der Waals surface area contributed by atoms with Crippen LogP contribution in [-0.4, -0.2) is 9.85 Å². The van der Waals surface area contributed by atoms with Crippen LogP contribution in [0.15, 0.2) is 12.1 Å². The van der Waals surface area contributed by atoms with Gasteiger partial charge in [0.25, 0.3) is 11.4 Å². The molecule has 0 spiro atoms. The Morgan fingerprint density at radius 1 is 0.964 bits per heavy atom. The lowest BCUT2D eigenvalue weighted by Gasteiger charge is -2.18. The van der Waals surface area contributed by atoms with Crippen LogP contribution in [0.3, 0.4) is 0 Å². The molecule has 14 heteroatoms. The van der Waals surface area contributed by atoms with Crippen LogP contribution >= 0.6 is 34.8 Å². The molecule has 0 fully saturated rings. The van der Waals surface area contributed by atoms with Crippen LogP contribution in [0.2, 0.25) is 15.1 Å². The molecule has 2 rings (SSSR count). The highest BCUT2D eigenvalue weighted by molar-refractivity contribution is 6.49. The Kier molecular flexibility index (Phi) is 5.93. The Hall–Kier alpha value is -2.37. The summed E-state index contributed by atoms with van der Waals surface area (Å²) >= 11 is 17.4. The van der Waals surface area contributed by atoms with E-state index in [2.05, 4.69) is 0 Å². The Labute approximate surface area is 168 Å². The second-order valence-corrected chi connectivity index (χ2v) is 6.41. The maximum Gasteiger partial charge on any atom is 0.418 e. The van der Waals surface area contributed by atoms with Gasteiger partial charge in [0.05, 0.1) is 42.2 Å². The van der Waals surface area contributed by atoms with E-state index in [1.807, 2.05) is 5.32 Å². The quantitative estimate of drug-likeness (QED) is 0.180. The number of nitrogens with one attached hydrogen (secondary N) is 1. The fourth-order valence-corrected chi connectivity index (χ4v) is 2.89. The Bertz CT molecular complexity index is 986. The first-order chi connectivity index (χ1) is 12.8. The zero-order valence-electron chi connectivity index (χ0n) is 13.3. The van der Waals surface area contributed by atoms with Crippen molar-refractivity contribution in [2.45, 2.75) is 13.1 Å². The molecule has 0 bridgehead atoms. The summed E-state index contributed by atoms with van der Waals surface area (Å²) in [5, 5.41) is 22.6. The molecule has 7 nitrogen and oxygen atoms in total. The minimum atomic E-state index is -5.26. The fourth-order valence-electron chi connectivity index (χ4n) is 2.20. The number of nitro benzene ring substituents is 2. The van der Waals surface area contributed by atoms with Crippen molar-refractivity contribution in [1.82, 2.24) is 0 Å². The highest BCUT2D eigenvalue weighted by atomic mass is 35.5. The molecule has 1 N–H and O–H groups in total. The van der Waals surface area contributed by atoms with Gasteiger partial charge in [0.1, 0.15) is 5.69 Å². The number of nitrogens with zero attached hydrogens (tertiary/aromatic N) is 2. The van der Waals surface area contributed by atoms with E-state index in [1.54, 1.807) is 0 Å². The van der Waals surface area contributed by atoms with Gasteiger partial charge in [-0.1, -0.05) is 34.8 Å². The van der Waals surface area contributed by atoms with E-state index in [1.165, 1.54) is 0 Å². The maximum absolute atomic E-state index is 14.5. The van der Waals surface area contributed by atoms with Crippen molar-refractivity contribution in [3.05, 3.63) is 64.4 Å². The van der Waals surface area contributed by atoms with Crippen molar-refractivity contribution in [1.29, 1.82) is 0 Å². The van der Waals surface area contributed by atoms with Crippen LogP contribution in [0.5, 0.6) is 0 Å².